The molecule has 15 heteroatoms. The average Bonchev–Trinajstić information content (AvgIpc) is 2.04. The molecule has 90 heavy (non-hydrogen) atoms. The largest absolute Gasteiger partial charge is 0.497 e. The van der Waals surface area contributed by atoms with Gasteiger partial charge in [0.1, 0.15) is 34.5 Å². The molecule has 444 valence electrons. The molecule has 0 spiro atoms. The van der Waals surface area contributed by atoms with Crippen molar-refractivity contribution in [3.8, 4) is 97.9 Å². The van der Waals surface area contributed by atoms with Gasteiger partial charge in [0.25, 0.3) is 0 Å². The number of aromatic nitrogens is 3. The Morgan fingerprint density at radius 1 is 0.200 bits per heavy atom. The van der Waals surface area contributed by atoms with Crippen LogP contribution in [0.3, 0.4) is 0 Å². The van der Waals surface area contributed by atoms with E-state index in [1.807, 2.05) is 72.8 Å². The van der Waals surface area contributed by atoms with Gasteiger partial charge in [-0.1, -0.05) is 36.4 Å². The first-order valence-electron chi connectivity index (χ1n) is 28.9. The molecule has 4 aromatic heterocycles. The lowest BCUT2D eigenvalue weighted by molar-refractivity contribution is 0.414. The number of hydrogen-bond donors (Lipinski definition) is 0. The van der Waals surface area contributed by atoms with E-state index >= 15 is 0 Å². The summed E-state index contributed by atoms with van der Waals surface area (Å²) in [6.45, 7) is 0. The first-order valence-corrected chi connectivity index (χ1v) is 31.3. The zero-order valence-corrected chi connectivity index (χ0v) is 52.6. The molecule has 0 aliphatic heterocycles. The summed E-state index contributed by atoms with van der Waals surface area (Å²) in [4.78, 5) is 28.5. The van der Waals surface area contributed by atoms with E-state index in [0.717, 1.165) is 132 Å². The van der Waals surface area contributed by atoms with Gasteiger partial charge < -0.3 is 43.1 Å². The molecule has 0 saturated heterocycles. The Kier molecular flexibility index (Phi) is 17.1. The molecule has 0 fully saturated rings. The second kappa shape index (κ2) is 26.3. The quantitative estimate of drug-likeness (QED) is 0.0684. The molecule has 9 aromatic carbocycles. The number of hydrogen-bond acceptors (Lipinski definition) is 15. The predicted octanol–water partition coefficient (Wildman–Crippen LogP) is 20.5. The molecule has 13 aromatic rings. The molecule has 0 saturated carbocycles. The Morgan fingerprint density at radius 2 is 0.356 bits per heavy atom. The molecule has 0 amide bonds. The summed E-state index contributed by atoms with van der Waals surface area (Å²) in [5.41, 5.74) is 12.2. The van der Waals surface area contributed by atoms with Crippen molar-refractivity contribution in [2.24, 2.45) is 0 Å². The van der Waals surface area contributed by atoms with Gasteiger partial charge in [0.05, 0.1) is 57.3 Å². The van der Waals surface area contributed by atoms with Crippen LogP contribution in [0.15, 0.2) is 255 Å². The Hall–Kier alpha value is -10.7. The molecular weight excluding hydrogens is 1180 g/mol. The van der Waals surface area contributed by atoms with Gasteiger partial charge in [0.2, 0.25) is 0 Å². The Labute approximate surface area is 535 Å². The van der Waals surface area contributed by atoms with Crippen LogP contribution in [0.25, 0.3) is 63.4 Å². The lowest BCUT2D eigenvalue weighted by atomic mass is 10.1. The molecule has 0 aliphatic rings. The van der Waals surface area contributed by atoms with E-state index in [1.54, 1.807) is 76.7 Å². The monoisotopic (exact) mass is 1240 g/mol. The topological polar surface area (TPSA) is 104 Å². The van der Waals surface area contributed by atoms with Crippen molar-refractivity contribution in [1.29, 1.82) is 0 Å². The van der Waals surface area contributed by atoms with Gasteiger partial charge in [0, 0.05) is 65.8 Å². The van der Waals surface area contributed by atoms with Crippen molar-refractivity contribution in [1.82, 2.24) is 15.0 Å². The number of anilines is 9. The van der Waals surface area contributed by atoms with Crippen LogP contribution in [-0.4, -0.2) is 57.6 Å². The van der Waals surface area contributed by atoms with E-state index in [4.69, 9.17) is 43.4 Å². The molecule has 0 unspecified atom stereocenters. The highest BCUT2D eigenvalue weighted by Gasteiger charge is 2.21. The molecule has 0 atom stereocenters. The van der Waals surface area contributed by atoms with Crippen molar-refractivity contribution >= 4 is 85.2 Å². The number of nitrogens with zero attached hydrogens (tertiary/aromatic N) is 6. The van der Waals surface area contributed by atoms with Gasteiger partial charge in [-0.05, 0) is 235 Å². The summed E-state index contributed by atoms with van der Waals surface area (Å²) in [7, 11) is 10.1. The Morgan fingerprint density at radius 3 is 0.522 bits per heavy atom. The van der Waals surface area contributed by atoms with E-state index in [9.17, 15) is 0 Å². The standard InChI is InChI=1S/C75H60N6O6S3/c1-82-61-31-19-55(20-32-61)79(56-21-33-62(83-2)34-22-56)52-13-7-49(8-14-52)67-43-46-70(88-67)73-76-74(71-47-44-68(89-71)50-9-15-53(16-10-50)80(57-23-35-63(84-3)36-24-57)58-25-37-64(85-4)38-26-58)78-75(77-73)72-48-45-69(90-72)51-11-17-54(18-12-51)81(59-27-39-65(86-5)40-28-59)60-29-41-66(87-6)42-30-60/h7-48H,1-6H3. The van der Waals surface area contributed by atoms with Crippen molar-refractivity contribution in [3.63, 3.8) is 0 Å². The van der Waals surface area contributed by atoms with Crippen LogP contribution in [0.4, 0.5) is 51.2 Å². The third-order valence-electron chi connectivity index (χ3n) is 15.3. The minimum atomic E-state index is 0.598. The fourth-order valence-corrected chi connectivity index (χ4v) is 13.4. The molecule has 12 nitrogen and oxygen atoms in total. The predicted molar refractivity (Wildman–Crippen MR) is 369 cm³/mol. The fourth-order valence-electron chi connectivity index (χ4n) is 10.6. The molecule has 0 bridgehead atoms. The van der Waals surface area contributed by atoms with Crippen LogP contribution in [0, 0.1) is 0 Å². The maximum absolute atomic E-state index is 5.51. The first-order chi connectivity index (χ1) is 44.2. The third kappa shape index (κ3) is 12.4. The maximum atomic E-state index is 5.51. The summed E-state index contributed by atoms with van der Waals surface area (Å²) < 4.78 is 33.0. The highest BCUT2D eigenvalue weighted by Crippen LogP contribution is 2.44. The van der Waals surface area contributed by atoms with Crippen molar-refractivity contribution in [2.75, 3.05) is 57.4 Å². The van der Waals surface area contributed by atoms with Crippen LogP contribution in [-0.2, 0) is 0 Å². The summed E-state index contributed by atoms with van der Waals surface area (Å²) in [6, 6.07) is 87.2. The van der Waals surface area contributed by atoms with Crippen molar-refractivity contribution in [3.05, 3.63) is 255 Å². The normalized spacial score (nSPS) is 11.0. The van der Waals surface area contributed by atoms with Gasteiger partial charge in [0.15, 0.2) is 17.5 Å². The SMILES string of the molecule is COc1ccc(N(c2ccc(OC)cc2)c2ccc(-c3ccc(-c4nc(-c5ccc(-c6ccc(N(c7ccc(OC)cc7)c7ccc(OC)cc7)cc6)s5)nc(-c5ccc(-c6ccc(N(c7ccc(OC)cc7)c7ccc(OC)cc7)cc6)s5)n4)s3)cc2)cc1. The molecule has 0 aliphatic carbocycles. The summed E-state index contributed by atoms with van der Waals surface area (Å²) >= 11 is 4.96. The third-order valence-corrected chi connectivity index (χ3v) is 18.7. The second-order valence-corrected chi connectivity index (χ2v) is 23.9. The number of ether oxygens (including phenoxy) is 6. The average molecular weight is 1240 g/mol. The van der Waals surface area contributed by atoms with Crippen molar-refractivity contribution < 1.29 is 28.4 Å². The lowest BCUT2D eigenvalue weighted by Gasteiger charge is -2.26. The minimum absolute atomic E-state index is 0.598. The Bertz CT molecular complexity index is 3900. The van der Waals surface area contributed by atoms with Crippen molar-refractivity contribution in [2.45, 2.75) is 0 Å². The smallest absolute Gasteiger partial charge is 0.174 e. The fraction of sp³-hybridized carbons (Fsp3) is 0.0800. The van der Waals surface area contributed by atoms with Gasteiger partial charge in [-0.3, -0.25) is 0 Å². The van der Waals surface area contributed by atoms with Gasteiger partial charge in [-0.2, -0.15) is 0 Å². The lowest BCUT2D eigenvalue weighted by Crippen LogP contribution is -2.09. The summed E-state index contributed by atoms with van der Waals surface area (Å²) in [5.74, 6) is 6.54. The maximum Gasteiger partial charge on any atom is 0.174 e. The highest BCUT2D eigenvalue weighted by atomic mass is 32.1. The highest BCUT2D eigenvalue weighted by molar-refractivity contribution is 7.19. The molecule has 0 radical (unpaired) electrons. The molecule has 4 heterocycles. The van der Waals surface area contributed by atoms with Crippen LogP contribution < -0.4 is 43.1 Å². The van der Waals surface area contributed by atoms with Gasteiger partial charge >= 0.3 is 0 Å². The van der Waals surface area contributed by atoms with E-state index in [-0.39, 0.29) is 0 Å². The second-order valence-electron chi connectivity index (χ2n) is 20.6. The summed E-state index contributed by atoms with van der Waals surface area (Å²) in [6.07, 6.45) is 0. The van der Waals surface area contributed by atoms with Crippen LogP contribution in [0.1, 0.15) is 0 Å². The molecule has 0 N–H and O–H groups in total. The number of rotatable bonds is 21. The van der Waals surface area contributed by atoms with Crippen LogP contribution in [0.5, 0.6) is 34.5 Å². The van der Waals surface area contributed by atoms with E-state index in [0.29, 0.717) is 17.5 Å². The number of thiophene rings is 3. The number of methoxy groups -OCH3 is 6. The van der Waals surface area contributed by atoms with E-state index < -0.39 is 0 Å². The van der Waals surface area contributed by atoms with Gasteiger partial charge in [-0.25, -0.2) is 15.0 Å². The van der Waals surface area contributed by atoms with E-state index in [2.05, 4.69) is 197 Å². The first kappa shape index (κ1) is 58.3. The number of benzene rings is 9. The zero-order valence-electron chi connectivity index (χ0n) is 50.1. The summed E-state index contributed by atoms with van der Waals surface area (Å²) in [5, 5.41) is 0. The minimum Gasteiger partial charge on any atom is -0.497 e. The van der Waals surface area contributed by atoms with Crippen LogP contribution in [0.2, 0.25) is 0 Å². The Balaban J connectivity index is 0.832. The molecular formula is C75H60N6O6S3. The van der Waals surface area contributed by atoms with E-state index in [1.165, 1.54) is 0 Å². The van der Waals surface area contributed by atoms with Gasteiger partial charge in [-0.15, -0.1) is 34.0 Å². The molecule has 13 rings (SSSR count). The zero-order chi connectivity index (χ0) is 61.5. The van der Waals surface area contributed by atoms with Crippen LogP contribution >= 0.6 is 34.0 Å².